The van der Waals surface area contributed by atoms with Gasteiger partial charge in [-0.15, -0.1) is 0 Å². The van der Waals surface area contributed by atoms with Crippen molar-refractivity contribution in [2.75, 3.05) is 53.0 Å². The molecule has 0 unspecified atom stereocenters. The van der Waals surface area contributed by atoms with Crippen LogP contribution in [-0.2, 0) is 17.9 Å². The largest absolute Gasteiger partial charge is 0.496 e. The molecule has 1 atom stereocenters. The molecule has 0 aliphatic carbocycles. The zero-order valence-corrected chi connectivity index (χ0v) is 20.1. The summed E-state index contributed by atoms with van der Waals surface area (Å²) in [6, 6.07) is 8.20. The normalized spacial score (nSPS) is 22.3. The highest BCUT2D eigenvalue weighted by Gasteiger charge is 2.33. The van der Waals surface area contributed by atoms with Crippen LogP contribution in [0.25, 0.3) is 0 Å². The van der Waals surface area contributed by atoms with Crippen molar-refractivity contribution < 1.29 is 14.6 Å². The topological polar surface area (TPSA) is 48.4 Å². The first kappa shape index (κ1) is 24.5. The first-order valence-electron chi connectivity index (χ1n) is 12.1. The molecule has 0 radical (unpaired) electrons. The molecule has 1 N–H and O–H groups in total. The SMILES string of the molecule is CCOCc1cc(CN2CCN(C3CCN(C(C)C)CC3)[C@@H](CCO)C2)ccc1OC. The van der Waals surface area contributed by atoms with E-state index in [1.165, 1.54) is 31.5 Å². The number of methoxy groups -OCH3 is 1. The molecule has 0 saturated carbocycles. The van der Waals surface area contributed by atoms with Gasteiger partial charge in [-0.1, -0.05) is 6.07 Å². The van der Waals surface area contributed by atoms with Crippen LogP contribution in [0.4, 0.5) is 0 Å². The number of likely N-dealkylation sites (tertiary alicyclic amines) is 1. The molecule has 0 bridgehead atoms. The van der Waals surface area contributed by atoms with Crippen LogP contribution in [0.3, 0.4) is 0 Å². The monoisotopic (exact) mass is 433 g/mol. The Morgan fingerprint density at radius 2 is 1.90 bits per heavy atom. The highest BCUT2D eigenvalue weighted by Crippen LogP contribution is 2.26. The van der Waals surface area contributed by atoms with Gasteiger partial charge in [0.25, 0.3) is 0 Å². The van der Waals surface area contributed by atoms with E-state index in [1.54, 1.807) is 7.11 Å². The summed E-state index contributed by atoms with van der Waals surface area (Å²) in [6.07, 6.45) is 3.36. The van der Waals surface area contributed by atoms with Gasteiger partial charge < -0.3 is 19.5 Å². The molecule has 2 fully saturated rings. The first-order valence-corrected chi connectivity index (χ1v) is 12.1. The maximum absolute atomic E-state index is 9.72. The number of piperazine rings is 1. The number of ether oxygens (including phenoxy) is 2. The van der Waals surface area contributed by atoms with Crippen molar-refractivity contribution in [3.05, 3.63) is 29.3 Å². The third-order valence-corrected chi connectivity index (χ3v) is 6.99. The summed E-state index contributed by atoms with van der Waals surface area (Å²) in [6.45, 7) is 14.7. The lowest BCUT2D eigenvalue weighted by molar-refractivity contribution is -0.0000507. The predicted molar refractivity (Wildman–Crippen MR) is 126 cm³/mol. The van der Waals surface area contributed by atoms with E-state index in [0.29, 0.717) is 31.3 Å². The fraction of sp³-hybridized carbons (Fsp3) is 0.760. The maximum atomic E-state index is 9.72. The third-order valence-electron chi connectivity index (χ3n) is 6.99. The van der Waals surface area contributed by atoms with E-state index in [-0.39, 0.29) is 6.61 Å². The third kappa shape index (κ3) is 6.65. The zero-order chi connectivity index (χ0) is 22.2. The summed E-state index contributed by atoms with van der Waals surface area (Å²) in [4.78, 5) is 7.85. The van der Waals surface area contributed by atoms with Gasteiger partial charge in [0.2, 0.25) is 0 Å². The van der Waals surface area contributed by atoms with Crippen LogP contribution in [0, 0.1) is 0 Å². The van der Waals surface area contributed by atoms with Crippen LogP contribution in [0.15, 0.2) is 18.2 Å². The van der Waals surface area contributed by atoms with Crippen LogP contribution in [0.1, 0.15) is 51.2 Å². The lowest BCUT2D eigenvalue weighted by atomic mass is 9.97. The van der Waals surface area contributed by atoms with Gasteiger partial charge in [0.05, 0.1) is 13.7 Å². The van der Waals surface area contributed by atoms with Gasteiger partial charge in [0.15, 0.2) is 0 Å². The van der Waals surface area contributed by atoms with Crippen LogP contribution in [0.2, 0.25) is 0 Å². The lowest BCUT2D eigenvalue weighted by Crippen LogP contribution is -2.58. The summed E-state index contributed by atoms with van der Waals surface area (Å²) in [5.74, 6) is 0.896. The molecule has 2 aliphatic heterocycles. The van der Waals surface area contributed by atoms with E-state index in [2.05, 4.69) is 46.7 Å². The smallest absolute Gasteiger partial charge is 0.124 e. The van der Waals surface area contributed by atoms with E-state index in [1.807, 2.05) is 6.92 Å². The molecule has 2 saturated heterocycles. The molecule has 0 amide bonds. The minimum Gasteiger partial charge on any atom is -0.496 e. The van der Waals surface area contributed by atoms with Crippen molar-refractivity contribution >= 4 is 0 Å². The second-order valence-electron chi connectivity index (χ2n) is 9.28. The number of piperidine rings is 1. The molecular formula is C25H43N3O3. The van der Waals surface area contributed by atoms with Crippen molar-refractivity contribution in [2.45, 2.75) is 71.3 Å². The van der Waals surface area contributed by atoms with Gasteiger partial charge in [0, 0.05) is 63.1 Å². The lowest BCUT2D eigenvalue weighted by Gasteiger charge is -2.48. The Morgan fingerprint density at radius 3 is 2.55 bits per heavy atom. The average Bonchev–Trinajstić information content (AvgIpc) is 2.78. The van der Waals surface area contributed by atoms with Gasteiger partial charge in [-0.2, -0.15) is 0 Å². The molecular weight excluding hydrogens is 390 g/mol. The standard InChI is InChI=1S/C25H43N3O3/c1-5-31-19-22-16-21(6-7-25(22)30-4)17-26-13-14-28(24(18-26)10-15-29)23-8-11-27(12-9-23)20(2)3/h6-7,16,20,23-24,29H,5,8-15,17-19H2,1-4H3/t24-/m0/s1. The highest BCUT2D eigenvalue weighted by molar-refractivity contribution is 5.37. The molecule has 1 aromatic carbocycles. The van der Waals surface area contributed by atoms with Crippen molar-refractivity contribution in [2.24, 2.45) is 0 Å². The second-order valence-corrected chi connectivity index (χ2v) is 9.28. The van der Waals surface area contributed by atoms with Crippen LogP contribution in [0.5, 0.6) is 5.75 Å². The van der Waals surface area contributed by atoms with Gasteiger partial charge in [-0.3, -0.25) is 9.80 Å². The van der Waals surface area contributed by atoms with E-state index < -0.39 is 0 Å². The van der Waals surface area contributed by atoms with Crippen molar-refractivity contribution in [1.29, 1.82) is 0 Å². The molecule has 6 heteroatoms. The Morgan fingerprint density at radius 1 is 1.13 bits per heavy atom. The van der Waals surface area contributed by atoms with Crippen molar-refractivity contribution in [3.8, 4) is 5.75 Å². The molecule has 2 heterocycles. The molecule has 6 nitrogen and oxygen atoms in total. The number of aliphatic hydroxyl groups is 1. The Labute approximate surface area is 189 Å². The fourth-order valence-corrected chi connectivity index (χ4v) is 5.21. The van der Waals surface area contributed by atoms with E-state index in [4.69, 9.17) is 9.47 Å². The Balaban J connectivity index is 1.60. The number of nitrogens with zero attached hydrogens (tertiary/aromatic N) is 3. The minimum atomic E-state index is 0.265. The van der Waals surface area contributed by atoms with Crippen LogP contribution in [-0.4, -0.2) is 91.0 Å². The number of benzene rings is 1. The second kappa shape index (κ2) is 12.2. The Hall–Kier alpha value is -1.18. The molecule has 2 aliphatic rings. The fourth-order valence-electron chi connectivity index (χ4n) is 5.21. The Kier molecular flexibility index (Phi) is 9.60. The van der Waals surface area contributed by atoms with E-state index in [0.717, 1.165) is 43.9 Å². The number of rotatable bonds is 10. The average molecular weight is 434 g/mol. The minimum absolute atomic E-state index is 0.265. The van der Waals surface area contributed by atoms with Crippen LogP contribution < -0.4 is 4.74 Å². The molecule has 31 heavy (non-hydrogen) atoms. The summed E-state index contributed by atoms with van der Waals surface area (Å²) < 4.78 is 11.1. The van der Waals surface area contributed by atoms with Gasteiger partial charge in [-0.05, 0) is 70.8 Å². The van der Waals surface area contributed by atoms with E-state index in [9.17, 15) is 5.11 Å². The molecule has 176 valence electrons. The van der Waals surface area contributed by atoms with Gasteiger partial charge in [-0.25, -0.2) is 0 Å². The van der Waals surface area contributed by atoms with Crippen molar-refractivity contribution in [1.82, 2.24) is 14.7 Å². The van der Waals surface area contributed by atoms with Crippen LogP contribution >= 0.6 is 0 Å². The highest BCUT2D eigenvalue weighted by atomic mass is 16.5. The zero-order valence-electron chi connectivity index (χ0n) is 20.1. The van der Waals surface area contributed by atoms with Gasteiger partial charge in [0.1, 0.15) is 5.75 Å². The summed E-state index contributed by atoms with van der Waals surface area (Å²) in [7, 11) is 1.72. The molecule has 3 rings (SSSR count). The number of hydrogen-bond donors (Lipinski definition) is 1. The van der Waals surface area contributed by atoms with Crippen molar-refractivity contribution in [3.63, 3.8) is 0 Å². The Bertz CT molecular complexity index is 661. The number of aliphatic hydroxyl groups excluding tert-OH is 1. The summed E-state index contributed by atoms with van der Waals surface area (Å²) >= 11 is 0. The summed E-state index contributed by atoms with van der Waals surface area (Å²) in [5, 5.41) is 9.72. The predicted octanol–water partition coefficient (Wildman–Crippen LogP) is 2.97. The quantitative estimate of drug-likeness (QED) is 0.612. The summed E-state index contributed by atoms with van der Waals surface area (Å²) in [5.41, 5.74) is 2.42. The number of hydrogen-bond acceptors (Lipinski definition) is 6. The van der Waals surface area contributed by atoms with Gasteiger partial charge >= 0.3 is 0 Å². The first-order chi connectivity index (χ1) is 15.0. The van der Waals surface area contributed by atoms with E-state index >= 15 is 0 Å². The molecule has 0 aromatic heterocycles. The maximum Gasteiger partial charge on any atom is 0.124 e. The molecule has 0 spiro atoms. The molecule has 1 aromatic rings.